The molecule has 1 amide bonds. The molecule has 0 spiro atoms. The first kappa shape index (κ1) is 25.3. The number of likely N-dealkylation sites (N-methyl/N-ethyl adjacent to an activating group) is 1. The fourth-order valence-corrected chi connectivity index (χ4v) is 5.45. The minimum Gasteiger partial charge on any atom is -0.497 e. The number of ether oxygens (including phenoxy) is 1. The Hall–Kier alpha value is -3.33. The van der Waals surface area contributed by atoms with E-state index in [-0.39, 0.29) is 5.91 Å². The van der Waals surface area contributed by atoms with E-state index in [0.717, 1.165) is 47.5 Å². The Balaban J connectivity index is 1.38. The minimum atomic E-state index is -0.0673. The van der Waals surface area contributed by atoms with Gasteiger partial charge in [-0.3, -0.25) is 4.79 Å². The Morgan fingerprint density at radius 1 is 1.08 bits per heavy atom. The molecule has 4 aromatic rings. The maximum Gasteiger partial charge on any atom is 0.289 e. The van der Waals surface area contributed by atoms with Crippen LogP contribution in [0.15, 0.2) is 70.5 Å². The third-order valence-electron chi connectivity index (χ3n) is 6.55. The first-order chi connectivity index (χ1) is 18.1. The number of nitrogens with zero attached hydrogens (tertiary/aromatic N) is 4. The molecule has 5 rings (SSSR count). The number of halogens is 1. The van der Waals surface area contributed by atoms with Crippen LogP contribution in [0.1, 0.15) is 23.2 Å². The SMILES string of the molecule is CCN1CCN(C(=O)c2ccc(CN(c3nc(-c4ccc(OC)cc4)cs3)c3ccccc3Cl)o2)CC1. The third kappa shape index (κ3) is 5.66. The highest BCUT2D eigenvalue weighted by Crippen LogP contribution is 2.37. The van der Waals surface area contributed by atoms with Gasteiger partial charge in [0, 0.05) is 37.1 Å². The predicted octanol–water partition coefficient (Wildman–Crippen LogP) is 6.18. The fourth-order valence-electron chi connectivity index (χ4n) is 4.37. The number of piperazine rings is 1. The van der Waals surface area contributed by atoms with Crippen LogP contribution in [-0.4, -0.2) is 60.5 Å². The second kappa shape index (κ2) is 11.4. The molecule has 1 fully saturated rings. The van der Waals surface area contributed by atoms with Gasteiger partial charge in [0.25, 0.3) is 5.91 Å². The van der Waals surface area contributed by atoms with Crippen LogP contribution in [0.4, 0.5) is 10.8 Å². The Kier molecular flexibility index (Phi) is 7.79. The van der Waals surface area contributed by atoms with Crippen molar-refractivity contribution in [1.82, 2.24) is 14.8 Å². The average molecular weight is 537 g/mol. The summed E-state index contributed by atoms with van der Waals surface area (Å²) in [6, 6.07) is 19.1. The van der Waals surface area contributed by atoms with E-state index in [1.165, 1.54) is 11.3 Å². The first-order valence-corrected chi connectivity index (χ1v) is 13.5. The number of carbonyl (C=O) groups excluding carboxylic acids is 1. The van der Waals surface area contributed by atoms with E-state index in [2.05, 4.69) is 11.8 Å². The highest BCUT2D eigenvalue weighted by Gasteiger charge is 2.25. The molecule has 0 N–H and O–H groups in total. The van der Waals surface area contributed by atoms with E-state index in [1.807, 2.05) is 69.8 Å². The summed E-state index contributed by atoms with van der Waals surface area (Å²) < 4.78 is 11.3. The monoisotopic (exact) mass is 536 g/mol. The van der Waals surface area contributed by atoms with E-state index in [4.69, 9.17) is 25.7 Å². The molecule has 2 aromatic carbocycles. The second-order valence-corrected chi connectivity index (χ2v) is 10.0. The number of rotatable bonds is 8. The zero-order chi connectivity index (χ0) is 25.8. The quantitative estimate of drug-likeness (QED) is 0.268. The molecule has 3 heterocycles. The molecule has 1 aliphatic rings. The van der Waals surface area contributed by atoms with Gasteiger partial charge in [-0.05, 0) is 55.1 Å². The minimum absolute atomic E-state index is 0.0673. The smallest absolute Gasteiger partial charge is 0.289 e. The van der Waals surface area contributed by atoms with E-state index in [1.54, 1.807) is 13.2 Å². The van der Waals surface area contributed by atoms with E-state index >= 15 is 0 Å². The van der Waals surface area contributed by atoms with Gasteiger partial charge in [0.05, 0.1) is 30.1 Å². The van der Waals surface area contributed by atoms with Gasteiger partial charge in [-0.2, -0.15) is 0 Å². The van der Waals surface area contributed by atoms with Gasteiger partial charge in [-0.15, -0.1) is 11.3 Å². The van der Waals surface area contributed by atoms with Crippen molar-refractivity contribution in [1.29, 1.82) is 0 Å². The molecule has 37 heavy (non-hydrogen) atoms. The van der Waals surface area contributed by atoms with Crippen molar-refractivity contribution in [3.05, 3.63) is 82.6 Å². The molecular weight excluding hydrogens is 508 g/mol. The summed E-state index contributed by atoms with van der Waals surface area (Å²) in [7, 11) is 1.65. The Morgan fingerprint density at radius 3 is 2.54 bits per heavy atom. The number of para-hydroxylation sites is 1. The van der Waals surface area contributed by atoms with E-state index in [0.29, 0.717) is 36.2 Å². The molecule has 1 saturated heterocycles. The topological polar surface area (TPSA) is 62.0 Å². The van der Waals surface area contributed by atoms with Gasteiger partial charge < -0.3 is 23.9 Å². The van der Waals surface area contributed by atoms with Crippen LogP contribution < -0.4 is 9.64 Å². The van der Waals surface area contributed by atoms with Crippen LogP contribution in [0.2, 0.25) is 5.02 Å². The van der Waals surface area contributed by atoms with Crippen molar-refractivity contribution in [2.45, 2.75) is 13.5 Å². The fraction of sp³-hybridized carbons (Fsp3) is 0.286. The molecule has 0 unspecified atom stereocenters. The molecule has 0 bridgehead atoms. The molecule has 0 radical (unpaired) electrons. The number of benzene rings is 2. The molecule has 2 aromatic heterocycles. The van der Waals surface area contributed by atoms with Crippen LogP contribution >= 0.6 is 22.9 Å². The number of anilines is 2. The molecule has 1 aliphatic heterocycles. The number of furan rings is 1. The molecular formula is C28H29ClN4O3S. The molecule has 0 atom stereocenters. The van der Waals surface area contributed by atoms with Gasteiger partial charge in [-0.1, -0.05) is 30.7 Å². The maximum absolute atomic E-state index is 13.1. The van der Waals surface area contributed by atoms with Crippen molar-refractivity contribution in [2.75, 3.05) is 44.7 Å². The summed E-state index contributed by atoms with van der Waals surface area (Å²) in [6.07, 6.45) is 0. The zero-order valence-corrected chi connectivity index (χ0v) is 22.5. The number of carbonyl (C=O) groups is 1. The van der Waals surface area contributed by atoms with Crippen LogP contribution in [0.3, 0.4) is 0 Å². The average Bonchev–Trinajstić information content (AvgIpc) is 3.62. The van der Waals surface area contributed by atoms with Crippen molar-refractivity contribution >= 4 is 39.7 Å². The lowest BCUT2D eigenvalue weighted by Gasteiger charge is -2.33. The number of hydrogen-bond acceptors (Lipinski definition) is 7. The predicted molar refractivity (Wildman–Crippen MR) is 148 cm³/mol. The van der Waals surface area contributed by atoms with Gasteiger partial charge >= 0.3 is 0 Å². The van der Waals surface area contributed by atoms with Gasteiger partial charge in [0.2, 0.25) is 0 Å². The Labute approximate surface area is 225 Å². The summed E-state index contributed by atoms with van der Waals surface area (Å²) in [5.41, 5.74) is 2.68. The van der Waals surface area contributed by atoms with Gasteiger partial charge in [0.1, 0.15) is 11.5 Å². The van der Waals surface area contributed by atoms with Crippen LogP contribution in [0, 0.1) is 0 Å². The Morgan fingerprint density at radius 2 is 1.84 bits per heavy atom. The van der Waals surface area contributed by atoms with Crippen molar-refractivity contribution < 1.29 is 13.9 Å². The lowest BCUT2D eigenvalue weighted by molar-refractivity contribution is 0.0610. The lowest BCUT2D eigenvalue weighted by Crippen LogP contribution is -2.48. The summed E-state index contributed by atoms with van der Waals surface area (Å²) in [5.74, 6) is 1.75. The number of thiazole rings is 1. The molecule has 9 heteroatoms. The third-order valence-corrected chi connectivity index (χ3v) is 7.73. The number of hydrogen-bond donors (Lipinski definition) is 0. The van der Waals surface area contributed by atoms with Crippen LogP contribution in [0.25, 0.3) is 11.3 Å². The van der Waals surface area contributed by atoms with Crippen molar-refractivity contribution in [2.24, 2.45) is 0 Å². The van der Waals surface area contributed by atoms with E-state index < -0.39 is 0 Å². The Bertz CT molecular complexity index is 1350. The van der Waals surface area contributed by atoms with Crippen LogP contribution in [0.5, 0.6) is 5.75 Å². The number of aromatic nitrogens is 1. The summed E-state index contributed by atoms with van der Waals surface area (Å²) in [5, 5.41) is 3.41. The van der Waals surface area contributed by atoms with Gasteiger partial charge in [0.15, 0.2) is 10.9 Å². The number of methoxy groups -OCH3 is 1. The van der Waals surface area contributed by atoms with E-state index in [9.17, 15) is 4.79 Å². The molecule has 192 valence electrons. The summed E-state index contributed by atoms with van der Waals surface area (Å²) in [4.78, 5) is 24.2. The molecule has 0 saturated carbocycles. The summed E-state index contributed by atoms with van der Waals surface area (Å²) in [6.45, 7) is 6.72. The van der Waals surface area contributed by atoms with Crippen molar-refractivity contribution in [3.63, 3.8) is 0 Å². The zero-order valence-electron chi connectivity index (χ0n) is 20.9. The number of amides is 1. The highest BCUT2D eigenvalue weighted by molar-refractivity contribution is 7.14. The lowest BCUT2D eigenvalue weighted by atomic mass is 10.2. The second-order valence-electron chi connectivity index (χ2n) is 8.77. The van der Waals surface area contributed by atoms with Crippen LogP contribution in [-0.2, 0) is 6.54 Å². The largest absolute Gasteiger partial charge is 0.497 e. The van der Waals surface area contributed by atoms with Crippen molar-refractivity contribution in [3.8, 4) is 17.0 Å². The van der Waals surface area contributed by atoms with Gasteiger partial charge in [-0.25, -0.2) is 4.98 Å². The molecule has 7 nitrogen and oxygen atoms in total. The normalized spacial score (nSPS) is 14.1. The maximum atomic E-state index is 13.1. The highest BCUT2D eigenvalue weighted by atomic mass is 35.5. The molecule has 0 aliphatic carbocycles. The standard InChI is InChI=1S/C28H29ClN4O3S/c1-3-31-14-16-32(17-15-31)27(34)26-13-12-22(36-26)18-33(25-7-5-4-6-23(25)29)28-30-24(19-37-28)20-8-10-21(35-2)11-9-20/h4-13,19H,3,14-18H2,1-2H3. The first-order valence-electron chi connectivity index (χ1n) is 12.3. The summed E-state index contributed by atoms with van der Waals surface area (Å²) >= 11 is 8.13.